The Morgan fingerprint density at radius 2 is 2.12 bits per heavy atom. The fourth-order valence-electron chi connectivity index (χ4n) is 1.47. The number of hydrogen-bond acceptors (Lipinski definition) is 2. The van der Waals surface area contributed by atoms with Crippen molar-refractivity contribution in [3.8, 4) is 0 Å². The first kappa shape index (κ1) is 13.4. The molecule has 4 heteroatoms. The smallest absolute Gasteiger partial charge is 0.239 e. The lowest BCUT2D eigenvalue weighted by molar-refractivity contribution is -0.132. The number of nitrogens with two attached hydrogens (primary N) is 1. The van der Waals surface area contributed by atoms with Gasteiger partial charge >= 0.3 is 0 Å². The quantitative estimate of drug-likeness (QED) is 0.857. The molecule has 0 saturated carbocycles. The van der Waals surface area contributed by atoms with Crippen LogP contribution in [0, 0.1) is 3.57 Å². The highest BCUT2D eigenvalue weighted by atomic mass is 127. The maximum absolute atomic E-state index is 11.8. The van der Waals surface area contributed by atoms with Crippen molar-refractivity contribution in [2.75, 3.05) is 6.54 Å². The van der Waals surface area contributed by atoms with Crippen LogP contribution in [0.15, 0.2) is 24.3 Å². The van der Waals surface area contributed by atoms with Crippen molar-refractivity contribution in [2.24, 2.45) is 5.73 Å². The van der Waals surface area contributed by atoms with Gasteiger partial charge in [0.05, 0.1) is 6.04 Å². The van der Waals surface area contributed by atoms with E-state index in [1.165, 1.54) is 9.13 Å². The van der Waals surface area contributed by atoms with Crippen LogP contribution in [0.25, 0.3) is 0 Å². The van der Waals surface area contributed by atoms with Crippen LogP contribution in [0.1, 0.15) is 19.4 Å². The van der Waals surface area contributed by atoms with Gasteiger partial charge in [0.2, 0.25) is 5.91 Å². The molecule has 0 bridgehead atoms. The van der Waals surface area contributed by atoms with E-state index < -0.39 is 6.04 Å². The zero-order valence-corrected chi connectivity index (χ0v) is 11.8. The maximum Gasteiger partial charge on any atom is 0.239 e. The topological polar surface area (TPSA) is 46.3 Å². The molecule has 0 aromatic heterocycles. The Kier molecular flexibility index (Phi) is 5.21. The first-order valence-electron chi connectivity index (χ1n) is 5.34. The third-order valence-electron chi connectivity index (χ3n) is 2.40. The van der Waals surface area contributed by atoms with Gasteiger partial charge in [-0.15, -0.1) is 0 Å². The Hall–Kier alpha value is -0.620. The van der Waals surface area contributed by atoms with E-state index in [2.05, 4.69) is 22.6 Å². The van der Waals surface area contributed by atoms with Gasteiger partial charge < -0.3 is 10.6 Å². The minimum atomic E-state index is -0.429. The van der Waals surface area contributed by atoms with Crippen molar-refractivity contribution in [3.63, 3.8) is 0 Å². The Morgan fingerprint density at radius 3 is 2.62 bits per heavy atom. The number of benzene rings is 1. The van der Waals surface area contributed by atoms with Gasteiger partial charge in [0, 0.05) is 16.7 Å². The monoisotopic (exact) mass is 332 g/mol. The second kappa shape index (κ2) is 6.20. The van der Waals surface area contributed by atoms with Crippen LogP contribution in [0.2, 0.25) is 0 Å². The summed E-state index contributed by atoms with van der Waals surface area (Å²) in [6.07, 6.45) is 0. The summed E-state index contributed by atoms with van der Waals surface area (Å²) >= 11 is 2.28. The maximum atomic E-state index is 11.8. The highest BCUT2D eigenvalue weighted by molar-refractivity contribution is 14.1. The summed E-state index contributed by atoms with van der Waals surface area (Å²) in [6.45, 7) is 5.01. The fraction of sp³-hybridized carbons (Fsp3) is 0.417. The van der Waals surface area contributed by atoms with Gasteiger partial charge in [0.25, 0.3) is 0 Å². The third kappa shape index (κ3) is 3.45. The standard InChI is InChI=1S/C12H17IN2O/c1-3-15(12(16)9(2)14)8-10-6-4-5-7-11(10)13/h4-7,9H,3,8,14H2,1-2H3. The van der Waals surface area contributed by atoms with Gasteiger partial charge in [0.15, 0.2) is 0 Å². The molecule has 0 aliphatic heterocycles. The van der Waals surface area contributed by atoms with Gasteiger partial charge in [-0.2, -0.15) is 0 Å². The number of nitrogens with zero attached hydrogens (tertiary/aromatic N) is 1. The summed E-state index contributed by atoms with van der Waals surface area (Å²) in [5.41, 5.74) is 6.78. The highest BCUT2D eigenvalue weighted by Crippen LogP contribution is 2.14. The van der Waals surface area contributed by atoms with Gasteiger partial charge in [-0.25, -0.2) is 0 Å². The largest absolute Gasteiger partial charge is 0.337 e. The number of carbonyl (C=O) groups excluding carboxylic acids is 1. The molecule has 1 aromatic carbocycles. The van der Waals surface area contributed by atoms with E-state index >= 15 is 0 Å². The van der Waals surface area contributed by atoms with Crippen LogP contribution < -0.4 is 5.73 Å². The molecule has 1 aromatic rings. The second-order valence-electron chi connectivity index (χ2n) is 3.73. The molecule has 0 aliphatic carbocycles. The molecule has 0 aliphatic rings. The number of likely N-dealkylation sites (N-methyl/N-ethyl adjacent to an activating group) is 1. The predicted octanol–water partition coefficient (Wildman–Crippen LogP) is 1.99. The van der Waals surface area contributed by atoms with Crippen LogP contribution in [0.4, 0.5) is 0 Å². The summed E-state index contributed by atoms with van der Waals surface area (Å²) in [6, 6.07) is 7.64. The number of amides is 1. The van der Waals surface area contributed by atoms with Crippen molar-refractivity contribution in [1.82, 2.24) is 4.90 Å². The van der Waals surface area contributed by atoms with E-state index in [4.69, 9.17) is 5.73 Å². The molecular weight excluding hydrogens is 315 g/mol. The van der Waals surface area contributed by atoms with E-state index in [1.54, 1.807) is 11.8 Å². The zero-order valence-electron chi connectivity index (χ0n) is 9.61. The number of rotatable bonds is 4. The van der Waals surface area contributed by atoms with Crippen molar-refractivity contribution >= 4 is 28.5 Å². The highest BCUT2D eigenvalue weighted by Gasteiger charge is 2.16. The van der Waals surface area contributed by atoms with Crippen molar-refractivity contribution < 1.29 is 4.79 Å². The van der Waals surface area contributed by atoms with E-state index in [9.17, 15) is 4.79 Å². The zero-order chi connectivity index (χ0) is 12.1. The fourth-order valence-corrected chi connectivity index (χ4v) is 2.02. The Bertz CT molecular complexity index is 366. The molecule has 1 atom stereocenters. The van der Waals surface area contributed by atoms with Crippen molar-refractivity contribution in [1.29, 1.82) is 0 Å². The molecule has 1 rings (SSSR count). The molecule has 0 saturated heterocycles. The van der Waals surface area contributed by atoms with E-state index in [1.807, 2.05) is 31.2 Å². The van der Waals surface area contributed by atoms with Crippen molar-refractivity contribution in [3.05, 3.63) is 33.4 Å². The van der Waals surface area contributed by atoms with Crippen molar-refractivity contribution in [2.45, 2.75) is 26.4 Å². The molecule has 0 heterocycles. The van der Waals surface area contributed by atoms with E-state index in [0.29, 0.717) is 13.1 Å². The Labute approximate surface area is 110 Å². The summed E-state index contributed by atoms with van der Waals surface area (Å²) in [5.74, 6) is 0.00199. The predicted molar refractivity (Wildman–Crippen MR) is 73.9 cm³/mol. The van der Waals surface area contributed by atoms with Gasteiger partial charge in [-0.05, 0) is 48.1 Å². The average Bonchev–Trinajstić information content (AvgIpc) is 2.27. The Morgan fingerprint density at radius 1 is 1.50 bits per heavy atom. The lowest BCUT2D eigenvalue weighted by atomic mass is 10.2. The van der Waals surface area contributed by atoms with Gasteiger partial charge in [0.1, 0.15) is 0 Å². The average molecular weight is 332 g/mol. The lowest BCUT2D eigenvalue weighted by Gasteiger charge is -2.23. The van der Waals surface area contributed by atoms with E-state index in [-0.39, 0.29) is 5.91 Å². The molecule has 1 amide bonds. The SMILES string of the molecule is CCN(Cc1ccccc1I)C(=O)C(C)N. The van der Waals surface area contributed by atoms with Crippen LogP contribution in [0.3, 0.4) is 0 Å². The lowest BCUT2D eigenvalue weighted by Crippen LogP contribution is -2.41. The van der Waals surface area contributed by atoms with Crippen LogP contribution in [0.5, 0.6) is 0 Å². The Balaban J connectivity index is 2.78. The summed E-state index contributed by atoms with van der Waals surface area (Å²) in [5, 5.41) is 0. The number of halogens is 1. The number of hydrogen-bond donors (Lipinski definition) is 1. The van der Waals surface area contributed by atoms with Gasteiger partial charge in [-0.1, -0.05) is 18.2 Å². The second-order valence-corrected chi connectivity index (χ2v) is 4.89. The first-order valence-corrected chi connectivity index (χ1v) is 6.42. The van der Waals surface area contributed by atoms with Crippen LogP contribution in [-0.2, 0) is 11.3 Å². The normalized spacial score (nSPS) is 12.2. The molecule has 0 spiro atoms. The molecule has 2 N–H and O–H groups in total. The molecule has 16 heavy (non-hydrogen) atoms. The third-order valence-corrected chi connectivity index (χ3v) is 3.45. The number of carbonyl (C=O) groups is 1. The van der Waals surface area contributed by atoms with E-state index in [0.717, 1.165) is 0 Å². The molecule has 3 nitrogen and oxygen atoms in total. The molecule has 0 fully saturated rings. The van der Waals surface area contributed by atoms with Crippen LogP contribution >= 0.6 is 22.6 Å². The van der Waals surface area contributed by atoms with Gasteiger partial charge in [-0.3, -0.25) is 4.79 Å². The summed E-state index contributed by atoms with van der Waals surface area (Å²) < 4.78 is 1.18. The van der Waals surface area contributed by atoms with Crippen LogP contribution in [-0.4, -0.2) is 23.4 Å². The minimum Gasteiger partial charge on any atom is -0.337 e. The molecular formula is C12H17IN2O. The molecule has 0 radical (unpaired) electrons. The molecule has 1 unspecified atom stereocenters. The summed E-state index contributed by atoms with van der Waals surface area (Å²) in [4.78, 5) is 13.6. The minimum absolute atomic E-state index is 0.00199. The molecule has 88 valence electrons. The first-order chi connectivity index (χ1) is 7.56. The summed E-state index contributed by atoms with van der Waals surface area (Å²) in [7, 11) is 0.